The molecule has 2 aromatic carbocycles. The van der Waals surface area contributed by atoms with Gasteiger partial charge >= 0.3 is 5.97 Å². The molecule has 2 N–H and O–H groups in total. The van der Waals surface area contributed by atoms with Gasteiger partial charge < -0.3 is 10.5 Å². The molecule has 23 heavy (non-hydrogen) atoms. The highest BCUT2D eigenvalue weighted by Gasteiger charge is 2.19. The summed E-state index contributed by atoms with van der Waals surface area (Å²) in [6, 6.07) is 18.1. The smallest absolute Gasteiger partial charge is 0.352 e. The fourth-order valence-electron chi connectivity index (χ4n) is 2.30. The van der Waals surface area contributed by atoms with E-state index in [1.165, 1.54) is 0 Å². The average molecular weight is 324 g/mol. The molecule has 3 aromatic rings. The quantitative estimate of drug-likeness (QED) is 0.729. The molecule has 0 bridgehead atoms. The zero-order chi connectivity index (χ0) is 16.2. The van der Waals surface area contributed by atoms with Crippen LogP contribution in [0.1, 0.15) is 16.6 Å². The van der Waals surface area contributed by atoms with Crippen LogP contribution in [0, 0.1) is 0 Å². The van der Waals surface area contributed by atoms with E-state index in [-0.39, 0.29) is 0 Å². The van der Waals surface area contributed by atoms with Crippen molar-refractivity contribution in [3.05, 3.63) is 59.5 Å². The molecule has 0 unspecified atom stereocenters. The molecule has 0 saturated heterocycles. The lowest BCUT2D eigenvalue weighted by molar-refractivity contribution is 0.0533. The SMILES string of the molecule is CCOC(=O)c1snc(-c2ccc(-c3ccccc3)cc2)c1N. The normalized spacial score (nSPS) is 10.5. The first-order valence-corrected chi connectivity index (χ1v) is 8.06. The summed E-state index contributed by atoms with van der Waals surface area (Å²) in [5.41, 5.74) is 10.2. The number of nitrogens with zero attached hydrogens (tertiary/aromatic N) is 1. The van der Waals surface area contributed by atoms with E-state index in [4.69, 9.17) is 10.5 Å². The van der Waals surface area contributed by atoms with Gasteiger partial charge in [-0.15, -0.1) is 0 Å². The molecule has 1 heterocycles. The molecule has 0 aliphatic rings. The van der Waals surface area contributed by atoms with Gasteiger partial charge in [-0.05, 0) is 29.6 Å². The zero-order valence-electron chi connectivity index (χ0n) is 12.7. The molecule has 4 nitrogen and oxygen atoms in total. The number of anilines is 1. The van der Waals surface area contributed by atoms with Gasteiger partial charge in [0.2, 0.25) is 0 Å². The molecule has 0 radical (unpaired) electrons. The minimum absolute atomic E-state index is 0.317. The third-order valence-corrected chi connectivity index (χ3v) is 4.30. The summed E-state index contributed by atoms with van der Waals surface area (Å²) in [4.78, 5) is 12.2. The second-order valence-corrected chi connectivity index (χ2v) is 5.71. The van der Waals surface area contributed by atoms with E-state index in [9.17, 15) is 4.79 Å². The van der Waals surface area contributed by atoms with Crippen molar-refractivity contribution >= 4 is 23.2 Å². The molecular weight excluding hydrogens is 308 g/mol. The summed E-state index contributed by atoms with van der Waals surface area (Å²) >= 11 is 1.07. The van der Waals surface area contributed by atoms with Crippen LogP contribution >= 0.6 is 11.5 Å². The van der Waals surface area contributed by atoms with Gasteiger partial charge in [-0.25, -0.2) is 4.79 Å². The summed E-state index contributed by atoms with van der Waals surface area (Å²) in [5, 5.41) is 0. The van der Waals surface area contributed by atoms with E-state index in [0.29, 0.717) is 22.9 Å². The molecule has 5 heteroatoms. The molecule has 0 amide bonds. The Morgan fingerprint density at radius 2 is 1.65 bits per heavy atom. The van der Waals surface area contributed by atoms with Crippen LogP contribution in [0.5, 0.6) is 0 Å². The predicted molar refractivity (Wildman–Crippen MR) is 93.4 cm³/mol. The first-order valence-electron chi connectivity index (χ1n) is 7.29. The third kappa shape index (κ3) is 3.10. The number of benzene rings is 2. The van der Waals surface area contributed by atoms with Crippen LogP contribution < -0.4 is 5.73 Å². The number of carbonyl (C=O) groups is 1. The minimum atomic E-state index is -0.422. The van der Waals surface area contributed by atoms with Crippen LogP contribution in [0.4, 0.5) is 5.69 Å². The first kappa shape index (κ1) is 15.2. The molecule has 1 aromatic heterocycles. The van der Waals surface area contributed by atoms with E-state index >= 15 is 0 Å². The van der Waals surface area contributed by atoms with Gasteiger partial charge in [0.25, 0.3) is 0 Å². The van der Waals surface area contributed by atoms with E-state index in [2.05, 4.69) is 16.5 Å². The van der Waals surface area contributed by atoms with Gasteiger partial charge in [-0.2, -0.15) is 4.37 Å². The Balaban J connectivity index is 1.90. The molecule has 0 saturated carbocycles. The summed E-state index contributed by atoms with van der Waals surface area (Å²) in [6.07, 6.45) is 0. The van der Waals surface area contributed by atoms with Crippen molar-refractivity contribution in [1.82, 2.24) is 4.37 Å². The number of hydrogen-bond donors (Lipinski definition) is 1. The Morgan fingerprint density at radius 3 is 2.30 bits per heavy atom. The Morgan fingerprint density at radius 1 is 1.04 bits per heavy atom. The number of rotatable bonds is 4. The van der Waals surface area contributed by atoms with E-state index in [1.807, 2.05) is 42.5 Å². The number of nitrogen functional groups attached to an aromatic ring is 1. The van der Waals surface area contributed by atoms with Crippen LogP contribution in [0.3, 0.4) is 0 Å². The predicted octanol–water partition coefficient (Wildman–Crippen LogP) is 4.24. The number of hydrogen-bond acceptors (Lipinski definition) is 5. The molecule has 0 fully saturated rings. The average Bonchev–Trinajstić information content (AvgIpc) is 2.98. The molecule has 0 aliphatic heterocycles. The highest BCUT2D eigenvalue weighted by molar-refractivity contribution is 7.09. The van der Waals surface area contributed by atoms with Crippen molar-refractivity contribution in [1.29, 1.82) is 0 Å². The molecule has 0 spiro atoms. The van der Waals surface area contributed by atoms with Gasteiger partial charge in [0.1, 0.15) is 5.69 Å². The third-order valence-electron chi connectivity index (χ3n) is 3.45. The number of aromatic nitrogens is 1. The van der Waals surface area contributed by atoms with Gasteiger partial charge in [0, 0.05) is 5.56 Å². The fraction of sp³-hybridized carbons (Fsp3) is 0.111. The topological polar surface area (TPSA) is 65.2 Å². The highest BCUT2D eigenvalue weighted by atomic mass is 32.1. The van der Waals surface area contributed by atoms with Crippen molar-refractivity contribution in [2.45, 2.75) is 6.92 Å². The van der Waals surface area contributed by atoms with Crippen LogP contribution in [0.2, 0.25) is 0 Å². The zero-order valence-corrected chi connectivity index (χ0v) is 13.5. The van der Waals surface area contributed by atoms with Crippen LogP contribution in [-0.4, -0.2) is 16.9 Å². The van der Waals surface area contributed by atoms with Crippen molar-refractivity contribution < 1.29 is 9.53 Å². The van der Waals surface area contributed by atoms with Crippen molar-refractivity contribution in [2.24, 2.45) is 0 Å². The van der Waals surface area contributed by atoms with Gasteiger partial charge in [0.15, 0.2) is 4.88 Å². The van der Waals surface area contributed by atoms with Crippen LogP contribution in [0.25, 0.3) is 22.4 Å². The van der Waals surface area contributed by atoms with Crippen molar-refractivity contribution in [2.75, 3.05) is 12.3 Å². The Bertz CT molecular complexity index is 811. The Kier molecular flexibility index (Phi) is 4.39. The monoisotopic (exact) mass is 324 g/mol. The fourth-order valence-corrected chi connectivity index (χ4v) is 3.02. The van der Waals surface area contributed by atoms with E-state index in [1.54, 1.807) is 6.92 Å². The maximum atomic E-state index is 11.8. The van der Waals surface area contributed by atoms with E-state index < -0.39 is 5.97 Å². The number of esters is 1. The molecular formula is C18H16N2O2S. The first-order chi connectivity index (χ1) is 11.2. The summed E-state index contributed by atoms with van der Waals surface area (Å²) in [6.45, 7) is 2.08. The molecule has 116 valence electrons. The van der Waals surface area contributed by atoms with E-state index in [0.717, 1.165) is 28.2 Å². The molecule has 0 atom stereocenters. The minimum Gasteiger partial charge on any atom is -0.462 e. The summed E-state index contributed by atoms with van der Waals surface area (Å²) < 4.78 is 9.29. The van der Waals surface area contributed by atoms with Gasteiger partial charge in [-0.3, -0.25) is 0 Å². The van der Waals surface area contributed by atoms with Crippen molar-refractivity contribution in [3.8, 4) is 22.4 Å². The largest absolute Gasteiger partial charge is 0.462 e. The van der Waals surface area contributed by atoms with Gasteiger partial charge in [0.05, 0.1) is 12.3 Å². The van der Waals surface area contributed by atoms with Crippen LogP contribution in [-0.2, 0) is 4.74 Å². The standard InChI is InChI=1S/C18H16N2O2S/c1-2-22-18(21)17-15(19)16(20-23-17)14-10-8-13(9-11-14)12-6-4-3-5-7-12/h3-11H,2,19H2,1H3. The second-order valence-electron chi connectivity index (χ2n) is 4.94. The number of ether oxygens (including phenoxy) is 1. The molecule has 3 rings (SSSR count). The lowest BCUT2D eigenvalue weighted by atomic mass is 10.0. The van der Waals surface area contributed by atoms with Crippen molar-refractivity contribution in [3.63, 3.8) is 0 Å². The number of carbonyl (C=O) groups excluding carboxylic acids is 1. The summed E-state index contributed by atoms with van der Waals surface area (Å²) in [5.74, 6) is -0.422. The van der Waals surface area contributed by atoms with Gasteiger partial charge in [-0.1, -0.05) is 54.6 Å². The number of nitrogens with two attached hydrogens (primary N) is 1. The van der Waals surface area contributed by atoms with Crippen LogP contribution in [0.15, 0.2) is 54.6 Å². The Hall–Kier alpha value is -2.66. The lowest BCUT2D eigenvalue weighted by Gasteiger charge is -2.04. The Labute approximate surface area is 138 Å². The molecule has 0 aliphatic carbocycles. The summed E-state index contributed by atoms with van der Waals surface area (Å²) in [7, 11) is 0. The maximum Gasteiger partial charge on any atom is 0.352 e. The lowest BCUT2D eigenvalue weighted by Crippen LogP contribution is -2.05. The maximum absolute atomic E-state index is 11.8. The highest BCUT2D eigenvalue weighted by Crippen LogP contribution is 2.32. The second kappa shape index (κ2) is 6.62.